The average Bonchev–Trinajstić information content (AvgIpc) is 1.99. The Hall–Kier alpha value is -0.890. The highest BCUT2D eigenvalue weighted by Gasteiger charge is 1.94. The summed E-state index contributed by atoms with van der Waals surface area (Å²) in [6, 6.07) is 0. The molecular formula is C10H16O2. The molecule has 0 radical (unpaired) electrons. The van der Waals surface area contributed by atoms with Gasteiger partial charge in [0, 0.05) is 6.42 Å². The van der Waals surface area contributed by atoms with Crippen molar-refractivity contribution in [2.24, 2.45) is 0 Å². The molecule has 0 saturated carbocycles. The molecule has 2 nitrogen and oxygen atoms in total. The highest BCUT2D eigenvalue weighted by atomic mass is 16.3. The predicted octanol–water partition coefficient (Wildman–Crippen LogP) is 1.85. The highest BCUT2D eigenvalue weighted by Crippen LogP contribution is 1.97. The maximum atomic E-state index is 11.1. The molecule has 0 aromatic rings. The fourth-order valence-electron chi connectivity index (χ4n) is 0.720. The minimum atomic E-state index is 0.0299. The van der Waals surface area contributed by atoms with Crippen molar-refractivity contribution >= 4 is 5.78 Å². The van der Waals surface area contributed by atoms with E-state index in [2.05, 4.69) is 0 Å². The lowest BCUT2D eigenvalue weighted by atomic mass is 10.1. The van der Waals surface area contributed by atoms with Gasteiger partial charge in [0.1, 0.15) is 0 Å². The smallest absolute Gasteiger partial charge is 0.159 e. The molecule has 0 aromatic heterocycles. The summed E-state index contributed by atoms with van der Waals surface area (Å²) in [5.41, 5.74) is 1.85. The van der Waals surface area contributed by atoms with Gasteiger partial charge in [-0.05, 0) is 26.8 Å². The number of ketones is 1. The molecule has 0 unspecified atom stereocenters. The summed E-state index contributed by atoms with van der Waals surface area (Å²) in [6.45, 7) is 5.61. The Bertz CT molecular complexity index is 208. The molecule has 0 aromatic carbocycles. The second-order valence-electron chi connectivity index (χ2n) is 3.10. The van der Waals surface area contributed by atoms with Gasteiger partial charge in [-0.1, -0.05) is 17.2 Å². The predicted molar refractivity (Wildman–Crippen MR) is 49.9 cm³/mol. The van der Waals surface area contributed by atoms with Crippen molar-refractivity contribution < 1.29 is 9.90 Å². The van der Waals surface area contributed by atoms with Gasteiger partial charge in [-0.3, -0.25) is 4.79 Å². The monoisotopic (exact) mass is 168 g/mol. The van der Waals surface area contributed by atoms with Gasteiger partial charge in [-0.2, -0.15) is 0 Å². The minimum absolute atomic E-state index is 0.0299. The van der Waals surface area contributed by atoms with E-state index in [1.165, 1.54) is 0 Å². The van der Waals surface area contributed by atoms with Crippen molar-refractivity contribution in [2.75, 3.05) is 6.61 Å². The largest absolute Gasteiger partial charge is 0.392 e. The zero-order valence-electron chi connectivity index (χ0n) is 7.92. The van der Waals surface area contributed by atoms with E-state index in [4.69, 9.17) is 5.11 Å². The van der Waals surface area contributed by atoms with Crippen LogP contribution in [0.5, 0.6) is 0 Å². The zero-order valence-corrected chi connectivity index (χ0v) is 7.92. The molecule has 0 heterocycles. The third-order valence-electron chi connectivity index (χ3n) is 1.35. The number of hydrogen-bond donors (Lipinski definition) is 1. The van der Waals surface area contributed by atoms with Gasteiger partial charge >= 0.3 is 0 Å². The molecule has 0 fully saturated rings. The van der Waals surface area contributed by atoms with Gasteiger partial charge in [0.25, 0.3) is 0 Å². The Morgan fingerprint density at radius 2 is 1.92 bits per heavy atom. The summed E-state index contributed by atoms with van der Waals surface area (Å²) in [5.74, 6) is 0.0859. The van der Waals surface area contributed by atoms with E-state index in [0.717, 1.165) is 11.1 Å². The first-order chi connectivity index (χ1) is 5.56. The van der Waals surface area contributed by atoms with Gasteiger partial charge in [0.15, 0.2) is 5.78 Å². The van der Waals surface area contributed by atoms with Crippen LogP contribution in [0.1, 0.15) is 27.2 Å². The van der Waals surface area contributed by atoms with Gasteiger partial charge in [0.2, 0.25) is 0 Å². The second-order valence-corrected chi connectivity index (χ2v) is 3.10. The van der Waals surface area contributed by atoms with Gasteiger partial charge in [-0.15, -0.1) is 0 Å². The fraction of sp³-hybridized carbons (Fsp3) is 0.500. The molecule has 0 aliphatic heterocycles. The molecule has 0 spiro atoms. The van der Waals surface area contributed by atoms with Crippen LogP contribution in [0.25, 0.3) is 0 Å². The number of allylic oxidation sites excluding steroid dienone is 3. The van der Waals surface area contributed by atoms with Crippen LogP contribution >= 0.6 is 0 Å². The third-order valence-corrected chi connectivity index (χ3v) is 1.35. The number of hydrogen-bond acceptors (Lipinski definition) is 2. The average molecular weight is 168 g/mol. The lowest BCUT2D eigenvalue weighted by Gasteiger charge is -1.93. The number of carbonyl (C=O) groups excluding carboxylic acids is 1. The Kier molecular flexibility index (Phi) is 5.30. The van der Waals surface area contributed by atoms with Gasteiger partial charge in [0.05, 0.1) is 6.61 Å². The lowest BCUT2D eigenvalue weighted by molar-refractivity contribution is -0.113. The molecule has 0 aliphatic carbocycles. The quantitative estimate of drug-likeness (QED) is 0.514. The number of aliphatic hydroxyl groups is 1. The molecule has 0 aliphatic rings. The highest BCUT2D eigenvalue weighted by molar-refractivity contribution is 5.91. The Balaban J connectivity index is 3.95. The van der Waals surface area contributed by atoms with Crippen LogP contribution in [-0.4, -0.2) is 17.5 Å². The van der Waals surface area contributed by atoms with Crippen LogP contribution < -0.4 is 0 Å². The van der Waals surface area contributed by atoms with Crippen molar-refractivity contribution in [3.63, 3.8) is 0 Å². The van der Waals surface area contributed by atoms with Crippen molar-refractivity contribution in [1.82, 2.24) is 0 Å². The molecule has 68 valence electrons. The molecule has 0 amide bonds. The summed E-state index contributed by atoms with van der Waals surface area (Å²) >= 11 is 0. The SMILES string of the molecule is CC(C)=CC(=O)CC=C(C)CO. The summed E-state index contributed by atoms with van der Waals surface area (Å²) < 4.78 is 0. The van der Waals surface area contributed by atoms with Crippen molar-refractivity contribution in [2.45, 2.75) is 27.2 Å². The fourth-order valence-corrected chi connectivity index (χ4v) is 0.720. The first-order valence-corrected chi connectivity index (χ1v) is 4.00. The molecule has 0 rings (SSSR count). The molecule has 1 N–H and O–H groups in total. The molecule has 0 saturated heterocycles. The van der Waals surface area contributed by atoms with Crippen molar-refractivity contribution in [3.8, 4) is 0 Å². The number of aliphatic hydroxyl groups excluding tert-OH is 1. The molecule has 2 heteroatoms. The van der Waals surface area contributed by atoms with E-state index in [9.17, 15) is 4.79 Å². The minimum Gasteiger partial charge on any atom is -0.392 e. The summed E-state index contributed by atoms with van der Waals surface area (Å²) in [6.07, 6.45) is 3.75. The van der Waals surface area contributed by atoms with Crippen LogP contribution in [0.4, 0.5) is 0 Å². The molecule has 0 atom stereocenters. The standard InChI is InChI=1S/C10H16O2/c1-8(2)6-10(12)5-4-9(3)7-11/h4,6,11H,5,7H2,1-3H3. The number of carbonyl (C=O) groups is 1. The Morgan fingerprint density at radius 1 is 1.33 bits per heavy atom. The van der Waals surface area contributed by atoms with Crippen molar-refractivity contribution in [3.05, 3.63) is 23.3 Å². The first kappa shape index (κ1) is 11.1. The summed E-state index contributed by atoms with van der Waals surface area (Å²) in [4.78, 5) is 11.1. The van der Waals surface area contributed by atoms with Gasteiger partial charge in [-0.25, -0.2) is 0 Å². The van der Waals surface area contributed by atoms with Crippen LogP contribution in [0.3, 0.4) is 0 Å². The Labute approximate surface area is 73.6 Å². The maximum Gasteiger partial charge on any atom is 0.159 e. The van der Waals surface area contributed by atoms with Crippen LogP contribution in [0.2, 0.25) is 0 Å². The second kappa shape index (κ2) is 5.72. The first-order valence-electron chi connectivity index (χ1n) is 4.00. The number of rotatable bonds is 4. The van der Waals surface area contributed by atoms with E-state index in [0.29, 0.717) is 6.42 Å². The van der Waals surface area contributed by atoms with Crippen LogP contribution in [0, 0.1) is 0 Å². The lowest BCUT2D eigenvalue weighted by Crippen LogP contribution is -1.92. The third kappa shape index (κ3) is 5.86. The normalized spacial score (nSPS) is 11.2. The molecular weight excluding hydrogens is 152 g/mol. The van der Waals surface area contributed by atoms with E-state index in [-0.39, 0.29) is 12.4 Å². The van der Waals surface area contributed by atoms with Crippen LogP contribution in [-0.2, 0) is 4.79 Å². The summed E-state index contributed by atoms with van der Waals surface area (Å²) in [5, 5.41) is 8.63. The van der Waals surface area contributed by atoms with E-state index in [1.807, 2.05) is 13.8 Å². The van der Waals surface area contributed by atoms with Crippen LogP contribution in [0.15, 0.2) is 23.3 Å². The molecule has 12 heavy (non-hydrogen) atoms. The Morgan fingerprint density at radius 3 is 2.33 bits per heavy atom. The van der Waals surface area contributed by atoms with Crippen molar-refractivity contribution in [1.29, 1.82) is 0 Å². The van der Waals surface area contributed by atoms with E-state index < -0.39 is 0 Å². The zero-order chi connectivity index (χ0) is 9.56. The van der Waals surface area contributed by atoms with Gasteiger partial charge < -0.3 is 5.11 Å². The topological polar surface area (TPSA) is 37.3 Å². The maximum absolute atomic E-state index is 11.1. The molecule has 0 bridgehead atoms. The van der Waals surface area contributed by atoms with E-state index >= 15 is 0 Å². The van der Waals surface area contributed by atoms with E-state index in [1.54, 1.807) is 19.1 Å². The summed E-state index contributed by atoms with van der Waals surface area (Å²) in [7, 11) is 0.